The molecule has 0 aromatic carbocycles. The Labute approximate surface area is 94.6 Å². The van der Waals surface area contributed by atoms with Crippen LogP contribution in [0, 0.1) is 0 Å². The van der Waals surface area contributed by atoms with E-state index >= 15 is 0 Å². The zero-order valence-corrected chi connectivity index (χ0v) is 9.24. The predicted molar refractivity (Wildman–Crippen MR) is 58.3 cm³/mol. The molecule has 2 fully saturated rings. The van der Waals surface area contributed by atoms with Crippen molar-refractivity contribution in [2.75, 3.05) is 32.8 Å². The lowest BCUT2D eigenvalue weighted by molar-refractivity contribution is -0.102. The summed E-state index contributed by atoms with van der Waals surface area (Å²) in [5.74, 6) is 1.000. The molecule has 3 heterocycles. The summed E-state index contributed by atoms with van der Waals surface area (Å²) < 4.78 is 11.5. The molecule has 5 nitrogen and oxygen atoms in total. The average Bonchev–Trinajstić information content (AvgIpc) is 2.84. The van der Waals surface area contributed by atoms with E-state index in [1.807, 2.05) is 0 Å². The fourth-order valence-corrected chi connectivity index (χ4v) is 2.69. The number of piperidine rings is 1. The van der Waals surface area contributed by atoms with Gasteiger partial charge in [-0.15, -0.1) is 0 Å². The summed E-state index contributed by atoms with van der Waals surface area (Å²) in [4.78, 5) is 4.28. The van der Waals surface area contributed by atoms with Crippen molar-refractivity contribution in [3.8, 4) is 0 Å². The Hall–Kier alpha value is -0.910. The molecule has 3 rings (SSSR count). The molecule has 0 radical (unpaired) electrons. The number of ether oxygens (including phenoxy) is 1. The van der Waals surface area contributed by atoms with Gasteiger partial charge in [0.05, 0.1) is 24.3 Å². The summed E-state index contributed by atoms with van der Waals surface area (Å²) >= 11 is 0. The van der Waals surface area contributed by atoms with Crippen LogP contribution in [0.1, 0.15) is 18.2 Å². The first kappa shape index (κ1) is 10.3. The average molecular weight is 223 g/mol. The quantitative estimate of drug-likeness (QED) is 0.707. The fraction of sp³-hybridized carbons (Fsp3) is 0.727. The zero-order chi connectivity index (χ0) is 10.8. The Morgan fingerprint density at radius 3 is 3.12 bits per heavy atom. The summed E-state index contributed by atoms with van der Waals surface area (Å²) in [6.07, 6.45) is 4.34. The van der Waals surface area contributed by atoms with Gasteiger partial charge in [0.15, 0.2) is 0 Å². The van der Waals surface area contributed by atoms with Gasteiger partial charge < -0.3 is 19.8 Å². The van der Waals surface area contributed by atoms with Crippen LogP contribution in [0.15, 0.2) is 16.9 Å². The van der Waals surface area contributed by atoms with Crippen molar-refractivity contribution in [2.24, 2.45) is 0 Å². The standard InChI is InChI=1S/C11H17N3O2/c1-2-12-7-9(10-14-4-5-15-10)11(1)8-13-3-6-16-11/h4-5,9,12-13H,1-3,6-8H2. The van der Waals surface area contributed by atoms with Gasteiger partial charge in [0.1, 0.15) is 6.26 Å². The number of hydrogen-bond acceptors (Lipinski definition) is 5. The van der Waals surface area contributed by atoms with Crippen LogP contribution < -0.4 is 10.6 Å². The minimum Gasteiger partial charge on any atom is -0.449 e. The Bertz CT molecular complexity index is 325. The van der Waals surface area contributed by atoms with E-state index in [1.54, 1.807) is 12.5 Å². The predicted octanol–water partition coefficient (Wildman–Crippen LogP) is 0.110. The number of hydrogen-bond donors (Lipinski definition) is 2. The van der Waals surface area contributed by atoms with Crippen molar-refractivity contribution in [1.29, 1.82) is 0 Å². The molecule has 1 spiro atoms. The van der Waals surface area contributed by atoms with Gasteiger partial charge in [0, 0.05) is 19.6 Å². The number of oxazole rings is 1. The molecule has 2 atom stereocenters. The minimum atomic E-state index is -0.131. The third-order valence-electron chi connectivity index (χ3n) is 3.55. The van der Waals surface area contributed by atoms with E-state index in [0.29, 0.717) is 0 Å². The van der Waals surface area contributed by atoms with Crippen LogP contribution in [0.2, 0.25) is 0 Å². The van der Waals surface area contributed by atoms with Crippen LogP contribution in [0.4, 0.5) is 0 Å². The lowest BCUT2D eigenvalue weighted by atomic mass is 9.80. The largest absolute Gasteiger partial charge is 0.449 e. The van der Waals surface area contributed by atoms with E-state index < -0.39 is 0 Å². The van der Waals surface area contributed by atoms with E-state index in [-0.39, 0.29) is 11.5 Å². The highest BCUT2D eigenvalue weighted by atomic mass is 16.5. The van der Waals surface area contributed by atoms with Gasteiger partial charge in [-0.05, 0) is 13.0 Å². The topological polar surface area (TPSA) is 59.3 Å². The second kappa shape index (κ2) is 4.16. The minimum absolute atomic E-state index is 0.131. The van der Waals surface area contributed by atoms with E-state index in [9.17, 15) is 0 Å². The van der Waals surface area contributed by atoms with Crippen LogP contribution in [0.25, 0.3) is 0 Å². The van der Waals surface area contributed by atoms with Gasteiger partial charge in [-0.3, -0.25) is 0 Å². The number of nitrogens with one attached hydrogen (secondary N) is 2. The van der Waals surface area contributed by atoms with Gasteiger partial charge >= 0.3 is 0 Å². The number of morpholine rings is 1. The van der Waals surface area contributed by atoms with E-state index in [0.717, 1.165) is 45.1 Å². The van der Waals surface area contributed by atoms with Crippen molar-refractivity contribution in [3.05, 3.63) is 18.4 Å². The molecule has 1 aromatic rings. The van der Waals surface area contributed by atoms with Gasteiger partial charge in [0.2, 0.25) is 5.89 Å². The second-order valence-corrected chi connectivity index (χ2v) is 4.47. The van der Waals surface area contributed by atoms with Gasteiger partial charge in [0.25, 0.3) is 0 Å². The van der Waals surface area contributed by atoms with Crippen molar-refractivity contribution < 1.29 is 9.15 Å². The Morgan fingerprint density at radius 2 is 2.38 bits per heavy atom. The first-order valence-corrected chi connectivity index (χ1v) is 5.85. The summed E-state index contributed by atoms with van der Waals surface area (Å²) in [6, 6.07) is 0. The highest BCUT2D eigenvalue weighted by Crippen LogP contribution is 2.36. The molecule has 16 heavy (non-hydrogen) atoms. The lowest BCUT2D eigenvalue weighted by Gasteiger charge is -2.45. The number of nitrogens with zero attached hydrogens (tertiary/aromatic N) is 1. The first-order chi connectivity index (χ1) is 7.91. The normalized spacial score (nSPS) is 35.4. The maximum atomic E-state index is 6.04. The Morgan fingerprint density at radius 1 is 1.38 bits per heavy atom. The van der Waals surface area contributed by atoms with Crippen molar-refractivity contribution >= 4 is 0 Å². The lowest BCUT2D eigenvalue weighted by Crippen LogP contribution is -2.59. The van der Waals surface area contributed by atoms with Crippen LogP contribution in [-0.2, 0) is 4.74 Å². The second-order valence-electron chi connectivity index (χ2n) is 4.47. The van der Waals surface area contributed by atoms with Crippen molar-refractivity contribution in [1.82, 2.24) is 15.6 Å². The molecule has 0 bridgehead atoms. The molecule has 2 N–H and O–H groups in total. The van der Waals surface area contributed by atoms with Crippen molar-refractivity contribution in [3.63, 3.8) is 0 Å². The molecule has 0 saturated carbocycles. The molecular formula is C11H17N3O2. The van der Waals surface area contributed by atoms with Crippen LogP contribution in [0.5, 0.6) is 0 Å². The number of aromatic nitrogens is 1. The van der Waals surface area contributed by atoms with E-state index in [4.69, 9.17) is 9.15 Å². The molecule has 0 aliphatic carbocycles. The SMILES string of the molecule is c1coc(C2CNCCC23CNCCO3)n1. The third-order valence-corrected chi connectivity index (χ3v) is 3.55. The summed E-state index contributed by atoms with van der Waals surface area (Å²) in [5.41, 5.74) is -0.131. The molecule has 2 saturated heterocycles. The van der Waals surface area contributed by atoms with E-state index in [1.165, 1.54) is 0 Å². The highest BCUT2D eigenvalue weighted by Gasteiger charge is 2.45. The molecule has 2 aliphatic heterocycles. The summed E-state index contributed by atoms with van der Waals surface area (Å²) in [7, 11) is 0. The Kier molecular flexibility index (Phi) is 2.67. The molecule has 2 aliphatic rings. The van der Waals surface area contributed by atoms with Crippen LogP contribution in [0.3, 0.4) is 0 Å². The molecule has 5 heteroatoms. The van der Waals surface area contributed by atoms with Crippen LogP contribution >= 0.6 is 0 Å². The summed E-state index contributed by atoms with van der Waals surface area (Å²) in [5, 5.41) is 6.80. The third kappa shape index (κ3) is 1.65. The summed E-state index contributed by atoms with van der Waals surface area (Å²) in [6.45, 7) is 4.48. The van der Waals surface area contributed by atoms with E-state index in [2.05, 4.69) is 15.6 Å². The number of rotatable bonds is 1. The monoisotopic (exact) mass is 223 g/mol. The molecule has 0 amide bonds. The fourth-order valence-electron chi connectivity index (χ4n) is 2.69. The zero-order valence-electron chi connectivity index (χ0n) is 9.24. The van der Waals surface area contributed by atoms with Crippen LogP contribution in [-0.4, -0.2) is 43.4 Å². The first-order valence-electron chi connectivity index (χ1n) is 5.85. The van der Waals surface area contributed by atoms with Gasteiger partial charge in [-0.1, -0.05) is 0 Å². The Balaban J connectivity index is 1.88. The maximum absolute atomic E-state index is 6.04. The van der Waals surface area contributed by atoms with Crippen molar-refractivity contribution in [2.45, 2.75) is 17.9 Å². The maximum Gasteiger partial charge on any atom is 0.201 e. The molecule has 1 aromatic heterocycles. The molecule has 88 valence electrons. The molecular weight excluding hydrogens is 206 g/mol. The molecule has 2 unspecified atom stereocenters. The van der Waals surface area contributed by atoms with Gasteiger partial charge in [-0.25, -0.2) is 4.98 Å². The highest BCUT2D eigenvalue weighted by molar-refractivity contribution is 5.10. The smallest absolute Gasteiger partial charge is 0.201 e. The van der Waals surface area contributed by atoms with Gasteiger partial charge in [-0.2, -0.15) is 0 Å².